The van der Waals surface area contributed by atoms with Gasteiger partial charge in [-0.15, -0.1) is 0 Å². The Morgan fingerprint density at radius 1 is 1.09 bits per heavy atom. The molecule has 0 spiro atoms. The van der Waals surface area contributed by atoms with E-state index in [0.717, 1.165) is 11.3 Å². The van der Waals surface area contributed by atoms with E-state index in [4.69, 9.17) is 14.6 Å². The summed E-state index contributed by atoms with van der Waals surface area (Å²) in [6, 6.07) is 20.0. The number of hydrogen-bond donors (Lipinski definition) is 1. The zero-order chi connectivity index (χ0) is 22.9. The predicted molar refractivity (Wildman–Crippen MR) is 127 cm³/mol. The Kier molecular flexibility index (Phi) is 5.27. The summed E-state index contributed by atoms with van der Waals surface area (Å²) in [4.78, 5) is 30.6. The molecule has 7 nitrogen and oxygen atoms in total. The number of furan rings is 1. The average molecular weight is 455 g/mol. The number of hydrogen-bond acceptors (Lipinski definition) is 6. The Balaban J connectivity index is 1.49. The van der Waals surface area contributed by atoms with Gasteiger partial charge in [0.05, 0.1) is 23.9 Å². The van der Waals surface area contributed by atoms with Gasteiger partial charge in [0.1, 0.15) is 17.4 Å². The maximum absolute atomic E-state index is 12.7. The summed E-state index contributed by atoms with van der Waals surface area (Å²) in [5.74, 6) is -0.135. The van der Waals surface area contributed by atoms with Crippen LogP contribution in [0.2, 0.25) is 0 Å². The van der Waals surface area contributed by atoms with E-state index >= 15 is 0 Å². The molecule has 0 radical (unpaired) electrons. The minimum atomic E-state index is -0.505. The van der Waals surface area contributed by atoms with Crippen LogP contribution >= 0.6 is 11.8 Å². The van der Waals surface area contributed by atoms with Crippen LogP contribution in [0.3, 0.4) is 0 Å². The van der Waals surface area contributed by atoms with E-state index in [2.05, 4.69) is 4.99 Å². The second-order valence-electron chi connectivity index (χ2n) is 7.17. The minimum Gasteiger partial charge on any atom is -0.465 e. The van der Waals surface area contributed by atoms with Crippen LogP contribution in [0.1, 0.15) is 21.7 Å². The van der Waals surface area contributed by atoms with Crippen LogP contribution < -0.4 is 0 Å². The molecule has 8 heteroatoms. The van der Waals surface area contributed by atoms with Crippen LogP contribution in [0.15, 0.2) is 87.1 Å². The molecule has 2 aromatic carbocycles. The van der Waals surface area contributed by atoms with Gasteiger partial charge in [0, 0.05) is 11.0 Å². The van der Waals surface area contributed by atoms with E-state index < -0.39 is 11.9 Å². The average Bonchev–Trinajstić information content (AvgIpc) is 3.49. The van der Waals surface area contributed by atoms with Gasteiger partial charge < -0.3 is 9.15 Å². The van der Waals surface area contributed by atoms with Gasteiger partial charge >= 0.3 is 5.97 Å². The number of rotatable bonds is 4. The maximum atomic E-state index is 12.7. The highest BCUT2D eigenvalue weighted by atomic mass is 32.2. The Hall–Kier alpha value is -4.17. The first-order valence-corrected chi connectivity index (χ1v) is 10.9. The molecule has 1 N–H and O–H groups in total. The summed E-state index contributed by atoms with van der Waals surface area (Å²) in [5.41, 5.74) is 2.77. The summed E-state index contributed by atoms with van der Waals surface area (Å²) in [6.45, 7) is 0. The van der Waals surface area contributed by atoms with E-state index in [-0.39, 0.29) is 11.4 Å². The molecule has 0 saturated carbocycles. The normalized spacial score (nSPS) is 16.5. The van der Waals surface area contributed by atoms with Crippen LogP contribution in [0.5, 0.6) is 0 Å². The third kappa shape index (κ3) is 3.70. The van der Waals surface area contributed by atoms with Crippen LogP contribution in [-0.2, 0) is 9.53 Å². The molecule has 0 fully saturated rings. The van der Waals surface area contributed by atoms with Crippen molar-refractivity contribution in [1.82, 2.24) is 4.90 Å². The van der Waals surface area contributed by atoms with E-state index in [1.54, 1.807) is 41.3 Å². The highest BCUT2D eigenvalue weighted by Gasteiger charge is 2.36. The summed E-state index contributed by atoms with van der Waals surface area (Å²) < 4.78 is 10.8. The molecule has 2 aliphatic heterocycles. The maximum Gasteiger partial charge on any atom is 0.338 e. The van der Waals surface area contributed by atoms with Crippen molar-refractivity contribution in [2.75, 3.05) is 7.11 Å². The van der Waals surface area contributed by atoms with Crippen LogP contribution in [0, 0.1) is 5.41 Å². The first-order valence-electron chi connectivity index (χ1n) is 10.0. The number of ether oxygens (including phenoxy) is 1. The summed E-state index contributed by atoms with van der Waals surface area (Å²) in [7, 11) is 1.32. The van der Waals surface area contributed by atoms with E-state index in [1.807, 2.05) is 35.7 Å². The number of amides is 1. The van der Waals surface area contributed by atoms with Crippen molar-refractivity contribution in [3.63, 3.8) is 0 Å². The molecule has 1 amide bonds. The lowest BCUT2D eigenvalue weighted by molar-refractivity contribution is -0.114. The molecule has 3 aromatic rings. The van der Waals surface area contributed by atoms with Crippen molar-refractivity contribution in [2.45, 2.75) is 0 Å². The van der Waals surface area contributed by atoms with Gasteiger partial charge in [0.2, 0.25) is 0 Å². The van der Waals surface area contributed by atoms with Crippen LogP contribution in [-0.4, -0.2) is 34.9 Å². The van der Waals surface area contributed by atoms with Gasteiger partial charge in [-0.25, -0.2) is 4.79 Å². The van der Waals surface area contributed by atoms with Crippen molar-refractivity contribution in [2.24, 2.45) is 4.99 Å². The number of fused-ring (bicyclic) bond motifs is 1. The third-order valence-corrected chi connectivity index (χ3v) is 6.02. The molecular formula is C25H17N3O4S. The Morgan fingerprint density at radius 3 is 2.64 bits per heavy atom. The standard InChI is InChI=1S/C25H17N3O4S/c1-31-24(30)18-10-6-5-9-17(18)21-12-11-16(32-21)13-19-22(26)28-20(15-7-3-2-4-8-15)14-33-25(28)27-23(19)29/h2-14,26H,1H3/b19-13+,26-22?. The highest BCUT2D eigenvalue weighted by Crippen LogP contribution is 2.37. The monoisotopic (exact) mass is 455 g/mol. The molecule has 2 aliphatic rings. The fourth-order valence-electron chi connectivity index (χ4n) is 3.62. The number of esters is 1. The number of carbonyl (C=O) groups excluding carboxylic acids is 2. The number of benzene rings is 2. The van der Waals surface area contributed by atoms with Crippen molar-refractivity contribution < 1.29 is 18.7 Å². The van der Waals surface area contributed by atoms with Gasteiger partial charge in [-0.2, -0.15) is 4.99 Å². The molecule has 1 aromatic heterocycles. The number of aliphatic imine (C=N–C) groups is 1. The van der Waals surface area contributed by atoms with Gasteiger partial charge in [-0.3, -0.25) is 15.1 Å². The molecular weight excluding hydrogens is 438 g/mol. The smallest absolute Gasteiger partial charge is 0.338 e. The summed E-state index contributed by atoms with van der Waals surface area (Å²) in [6.07, 6.45) is 1.50. The van der Waals surface area contributed by atoms with Gasteiger partial charge in [-0.05, 0) is 29.8 Å². The predicted octanol–water partition coefficient (Wildman–Crippen LogP) is 5.04. The molecule has 5 rings (SSSR count). The number of nitrogens with zero attached hydrogens (tertiary/aromatic N) is 2. The summed E-state index contributed by atoms with van der Waals surface area (Å²) in [5, 5.41) is 11.1. The SMILES string of the molecule is COC(=O)c1ccccc1-c1ccc(/C=C2\C(=N)N3C(c4ccccc4)=CSC3=NC2=O)o1. The van der Waals surface area contributed by atoms with Crippen molar-refractivity contribution in [3.05, 3.63) is 94.6 Å². The lowest BCUT2D eigenvalue weighted by Crippen LogP contribution is -2.37. The highest BCUT2D eigenvalue weighted by molar-refractivity contribution is 8.17. The second kappa shape index (κ2) is 8.40. The fraction of sp³-hybridized carbons (Fsp3) is 0.0400. The van der Waals surface area contributed by atoms with Crippen molar-refractivity contribution in [1.29, 1.82) is 5.41 Å². The van der Waals surface area contributed by atoms with E-state index in [1.165, 1.54) is 24.9 Å². The van der Waals surface area contributed by atoms with Gasteiger partial charge in [0.25, 0.3) is 5.91 Å². The molecule has 33 heavy (non-hydrogen) atoms. The number of methoxy groups -OCH3 is 1. The van der Waals surface area contributed by atoms with Crippen LogP contribution in [0.25, 0.3) is 23.1 Å². The number of amidine groups is 2. The Bertz CT molecular complexity index is 1390. The first kappa shape index (κ1) is 20.7. The molecule has 3 heterocycles. The lowest BCUT2D eigenvalue weighted by atomic mass is 10.1. The second-order valence-corrected chi connectivity index (χ2v) is 8.00. The third-order valence-electron chi connectivity index (χ3n) is 5.20. The lowest BCUT2D eigenvalue weighted by Gasteiger charge is -2.26. The van der Waals surface area contributed by atoms with E-state index in [9.17, 15) is 9.59 Å². The first-order chi connectivity index (χ1) is 16.1. The molecule has 0 atom stereocenters. The van der Waals surface area contributed by atoms with Crippen molar-refractivity contribution in [3.8, 4) is 11.3 Å². The largest absolute Gasteiger partial charge is 0.465 e. The Labute approximate surface area is 193 Å². The summed E-state index contributed by atoms with van der Waals surface area (Å²) >= 11 is 1.31. The molecule has 0 bridgehead atoms. The minimum absolute atomic E-state index is 0.0259. The molecule has 162 valence electrons. The van der Waals surface area contributed by atoms with Crippen molar-refractivity contribution >= 4 is 46.4 Å². The zero-order valence-electron chi connectivity index (χ0n) is 17.4. The molecule has 0 aliphatic carbocycles. The van der Waals surface area contributed by atoms with Crippen LogP contribution in [0.4, 0.5) is 0 Å². The zero-order valence-corrected chi connectivity index (χ0v) is 18.3. The van der Waals surface area contributed by atoms with Gasteiger partial charge in [0.15, 0.2) is 5.17 Å². The van der Waals surface area contributed by atoms with E-state index in [0.29, 0.717) is 27.8 Å². The number of carbonyl (C=O) groups is 2. The Morgan fingerprint density at radius 2 is 1.85 bits per heavy atom. The topological polar surface area (TPSA) is 96.0 Å². The molecule has 0 unspecified atom stereocenters. The fourth-order valence-corrected chi connectivity index (χ4v) is 4.51. The number of thioether (sulfide) groups is 1. The quantitative estimate of drug-likeness (QED) is 0.438. The number of nitrogens with one attached hydrogen (secondary N) is 1. The molecule has 0 saturated heterocycles. The van der Waals surface area contributed by atoms with Gasteiger partial charge in [-0.1, -0.05) is 60.3 Å².